The van der Waals surface area contributed by atoms with Crippen LogP contribution in [0.2, 0.25) is 0 Å². The van der Waals surface area contributed by atoms with Crippen LogP contribution < -0.4 is 0 Å². The Bertz CT molecular complexity index is 352. The van der Waals surface area contributed by atoms with Crippen LogP contribution in [0, 0.1) is 6.92 Å². The summed E-state index contributed by atoms with van der Waals surface area (Å²) in [6.45, 7) is 1.97. The van der Waals surface area contributed by atoms with E-state index < -0.39 is 0 Å². The summed E-state index contributed by atoms with van der Waals surface area (Å²) < 4.78 is 2.29. The minimum absolute atomic E-state index is 1.02. The van der Waals surface area contributed by atoms with Crippen molar-refractivity contribution in [2.45, 2.75) is 15.5 Å². The molecule has 2 rings (SSSR count). The van der Waals surface area contributed by atoms with E-state index >= 15 is 0 Å². The second-order valence-electron chi connectivity index (χ2n) is 2.12. The van der Waals surface area contributed by atoms with E-state index in [1.807, 2.05) is 13.0 Å². The fraction of sp³-hybridized carbons (Fsp3) is 0.143. The van der Waals surface area contributed by atoms with Crippen LogP contribution in [0.15, 0.2) is 26.1 Å². The van der Waals surface area contributed by atoms with Gasteiger partial charge in [-0.25, -0.2) is 0 Å². The Labute approximate surface area is 82.7 Å². The summed E-state index contributed by atoms with van der Waals surface area (Å²) in [5.74, 6) is 0. The van der Waals surface area contributed by atoms with Crippen LogP contribution in [0.1, 0.15) is 5.01 Å². The van der Waals surface area contributed by atoms with Crippen LogP contribution in [0.3, 0.4) is 0 Å². The molecule has 0 aliphatic rings. The summed E-state index contributed by atoms with van der Waals surface area (Å²) in [7, 11) is 0. The van der Waals surface area contributed by atoms with Gasteiger partial charge in [-0.2, -0.15) is 0 Å². The van der Waals surface area contributed by atoms with Crippen LogP contribution in [0.25, 0.3) is 0 Å². The number of aryl methyl sites for hydroxylation is 1. The highest BCUT2D eigenvalue weighted by Gasteiger charge is 2.02. The lowest BCUT2D eigenvalue weighted by Crippen LogP contribution is -1.69. The molecule has 0 saturated carbocycles. The molecule has 2 aromatic rings. The van der Waals surface area contributed by atoms with Gasteiger partial charge in [0.1, 0.15) is 5.01 Å². The highest BCUT2D eigenvalue weighted by molar-refractivity contribution is 8.02. The second kappa shape index (κ2) is 3.55. The van der Waals surface area contributed by atoms with Gasteiger partial charge in [-0.1, -0.05) is 17.4 Å². The zero-order valence-electron chi connectivity index (χ0n) is 6.35. The molecule has 0 amide bonds. The Morgan fingerprint density at radius 1 is 1.42 bits per heavy atom. The van der Waals surface area contributed by atoms with E-state index in [2.05, 4.69) is 21.6 Å². The fourth-order valence-electron chi connectivity index (χ4n) is 0.727. The molecule has 12 heavy (non-hydrogen) atoms. The smallest absolute Gasteiger partial charge is 0.143 e. The van der Waals surface area contributed by atoms with E-state index in [0.717, 1.165) is 9.35 Å². The average Bonchev–Trinajstić information content (AvgIpc) is 2.63. The maximum absolute atomic E-state index is 4.03. The summed E-state index contributed by atoms with van der Waals surface area (Å²) >= 11 is 5.04. The van der Waals surface area contributed by atoms with Crippen molar-refractivity contribution in [3.8, 4) is 0 Å². The van der Waals surface area contributed by atoms with Gasteiger partial charge in [0.15, 0.2) is 4.34 Å². The van der Waals surface area contributed by atoms with Gasteiger partial charge in [-0.3, -0.25) is 0 Å². The molecule has 0 aliphatic heterocycles. The van der Waals surface area contributed by atoms with Crippen molar-refractivity contribution in [1.29, 1.82) is 0 Å². The molecule has 0 N–H and O–H groups in total. The molecule has 0 atom stereocenters. The maximum Gasteiger partial charge on any atom is 0.179 e. The lowest BCUT2D eigenvalue weighted by molar-refractivity contribution is 0.984. The molecule has 2 heterocycles. The minimum Gasteiger partial charge on any atom is -0.143 e. The first kappa shape index (κ1) is 8.22. The van der Waals surface area contributed by atoms with E-state index in [0.29, 0.717) is 0 Å². The van der Waals surface area contributed by atoms with E-state index in [9.17, 15) is 0 Å². The van der Waals surface area contributed by atoms with Crippen LogP contribution in [0.5, 0.6) is 0 Å². The standard InChI is InChI=1S/C7H6N2S3/c1-5-8-9-7(11-5)12-6-3-2-4-10-6/h2-4H,1H3. The van der Waals surface area contributed by atoms with E-state index in [4.69, 9.17) is 0 Å². The normalized spacial score (nSPS) is 10.4. The van der Waals surface area contributed by atoms with Crippen molar-refractivity contribution in [2.24, 2.45) is 0 Å². The Hall–Kier alpha value is -0.390. The first-order chi connectivity index (χ1) is 5.84. The molecule has 2 aromatic heterocycles. The van der Waals surface area contributed by atoms with Crippen molar-refractivity contribution in [3.63, 3.8) is 0 Å². The van der Waals surface area contributed by atoms with E-state index in [-0.39, 0.29) is 0 Å². The van der Waals surface area contributed by atoms with Crippen LogP contribution >= 0.6 is 34.4 Å². The molecular weight excluding hydrogens is 208 g/mol. The Kier molecular flexibility index (Phi) is 2.43. The highest BCUT2D eigenvalue weighted by Crippen LogP contribution is 2.32. The summed E-state index contributed by atoms with van der Waals surface area (Å²) in [6, 6.07) is 4.13. The average molecular weight is 214 g/mol. The zero-order chi connectivity index (χ0) is 8.39. The SMILES string of the molecule is Cc1nnc(Sc2cccs2)s1. The lowest BCUT2D eigenvalue weighted by atomic mass is 10.7. The number of hydrogen-bond acceptors (Lipinski definition) is 5. The van der Waals surface area contributed by atoms with Gasteiger partial charge < -0.3 is 0 Å². The third-order valence-corrected chi connectivity index (χ3v) is 4.12. The first-order valence-electron chi connectivity index (χ1n) is 3.36. The molecule has 0 bridgehead atoms. The number of rotatable bonds is 2. The Balaban J connectivity index is 2.14. The molecule has 62 valence electrons. The van der Waals surface area contributed by atoms with Crippen LogP contribution in [0.4, 0.5) is 0 Å². The first-order valence-corrected chi connectivity index (χ1v) is 5.87. The van der Waals surface area contributed by atoms with Gasteiger partial charge >= 0.3 is 0 Å². The molecule has 0 saturated heterocycles. The van der Waals surface area contributed by atoms with Crippen molar-refractivity contribution in [2.75, 3.05) is 0 Å². The Morgan fingerprint density at radius 2 is 2.33 bits per heavy atom. The third kappa shape index (κ3) is 1.85. The number of hydrogen-bond donors (Lipinski definition) is 0. The predicted molar refractivity (Wildman–Crippen MR) is 53.1 cm³/mol. The molecular formula is C7H6N2S3. The van der Waals surface area contributed by atoms with Gasteiger partial charge in [-0.05, 0) is 30.1 Å². The molecule has 0 spiro atoms. The molecule has 0 fully saturated rings. The van der Waals surface area contributed by atoms with Gasteiger partial charge in [0.2, 0.25) is 0 Å². The summed E-state index contributed by atoms with van der Waals surface area (Å²) in [5.41, 5.74) is 0. The zero-order valence-corrected chi connectivity index (χ0v) is 8.80. The summed E-state index contributed by atoms with van der Waals surface area (Å²) in [4.78, 5) is 0. The lowest BCUT2D eigenvalue weighted by Gasteiger charge is -1.87. The quantitative estimate of drug-likeness (QED) is 0.768. The largest absolute Gasteiger partial charge is 0.179 e. The monoisotopic (exact) mass is 214 g/mol. The number of aromatic nitrogens is 2. The summed E-state index contributed by atoms with van der Waals surface area (Å²) in [6.07, 6.45) is 0. The fourth-order valence-corrected chi connectivity index (χ4v) is 3.54. The van der Waals surface area contributed by atoms with Crippen molar-refractivity contribution in [3.05, 3.63) is 22.5 Å². The van der Waals surface area contributed by atoms with Gasteiger partial charge in [-0.15, -0.1) is 21.5 Å². The Morgan fingerprint density at radius 3 is 2.92 bits per heavy atom. The molecule has 5 heteroatoms. The van der Waals surface area contributed by atoms with Gasteiger partial charge in [0, 0.05) is 0 Å². The summed E-state index contributed by atoms with van der Waals surface area (Å²) in [5, 5.41) is 11.1. The molecule has 2 nitrogen and oxygen atoms in total. The predicted octanol–water partition coefficient (Wildman–Crippen LogP) is 3.06. The van der Waals surface area contributed by atoms with Crippen LogP contribution in [-0.2, 0) is 0 Å². The highest BCUT2D eigenvalue weighted by atomic mass is 32.2. The topological polar surface area (TPSA) is 25.8 Å². The van der Waals surface area contributed by atoms with E-state index in [1.165, 1.54) is 4.21 Å². The minimum atomic E-state index is 1.02. The van der Waals surface area contributed by atoms with E-state index in [1.54, 1.807) is 34.4 Å². The van der Waals surface area contributed by atoms with Crippen LogP contribution in [-0.4, -0.2) is 10.2 Å². The molecule has 0 radical (unpaired) electrons. The van der Waals surface area contributed by atoms with Gasteiger partial charge in [0.25, 0.3) is 0 Å². The number of thiophene rings is 1. The van der Waals surface area contributed by atoms with Crippen molar-refractivity contribution in [1.82, 2.24) is 10.2 Å². The van der Waals surface area contributed by atoms with Crippen molar-refractivity contribution < 1.29 is 0 Å². The van der Waals surface area contributed by atoms with Gasteiger partial charge in [0.05, 0.1) is 4.21 Å². The second-order valence-corrected chi connectivity index (χ2v) is 5.80. The molecule has 0 aliphatic carbocycles. The number of nitrogens with zero attached hydrogens (tertiary/aromatic N) is 2. The molecule has 0 aromatic carbocycles. The van der Waals surface area contributed by atoms with Crippen molar-refractivity contribution >= 4 is 34.4 Å². The molecule has 0 unspecified atom stereocenters. The third-order valence-electron chi connectivity index (χ3n) is 1.19. The maximum atomic E-state index is 4.03.